The van der Waals surface area contributed by atoms with Crippen molar-refractivity contribution in [3.05, 3.63) is 57.8 Å². The Labute approximate surface area is 153 Å². The Bertz CT molecular complexity index is 711. The smallest absolute Gasteiger partial charge is 0.379 e. The number of ether oxygens (including phenoxy) is 1. The SMILES string of the molecule is O=C(NCC(c1ccsc1)N1CCOCC1)c1ccc(C(F)(F)F)cc1. The molecule has 1 amide bonds. The number of alkyl halides is 3. The second-order valence-electron chi connectivity index (χ2n) is 6.01. The van der Waals surface area contributed by atoms with Crippen molar-refractivity contribution in [2.45, 2.75) is 12.2 Å². The summed E-state index contributed by atoms with van der Waals surface area (Å²) >= 11 is 1.59. The van der Waals surface area contributed by atoms with Crippen LogP contribution in [0, 0.1) is 0 Å². The Hall–Kier alpha value is -1.90. The van der Waals surface area contributed by atoms with Crippen LogP contribution in [0.2, 0.25) is 0 Å². The molecule has 1 fully saturated rings. The van der Waals surface area contributed by atoms with E-state index in [1.165, 1.54) is 12.1 Å². The van der Waals surface area contributed by atoms with E-state index >= 15 is 0 Å². The number of rotatable bonds is 5. The van der Waals surface area contributed by atoms with Crippen LogP contribution in [0.15, 0.2) is 41.1 Å². The third kappa shape index (κ3) is 4.63. The van der Waals surface area contributed by atoms with Crippen LogP contribution in [-0.4, -0.2) is 43.7 Å². The van der Waals surface area contributed by atoms with E-state index in [1.807, 2.05) is 16.8 Å². The zero-order valence-corrected chi connectivity index (χ0v) is 14.8. The normalized spacial score (nSPS) is 17.0. The van der Waals surface area contributed by atoms with Crippen LogP contribution in [0.25, 0.3) is 0 Å². The third-order valence-electron chi connectivity index (χ3n) is 4.34. The van der Waals surface area contributed by atoms with Crippen molar-refractivity contribution in [2.75, 3.05) is 32.8 Å². The van der Waals surface area contributed by atoms with Gasteiger partial charge in [0.05, 0.1) is 24.8 Å². The number of hydrogen-bond donors (Lipinski definition) is 1. The lowest BCUT2D eigenvalue weighted by Crippen LogP contribution is -2.43. The summed E-state index contributed by atoms with van der Waals surface area (Å²) in [4.78, 5) is 14.6. The van der Waals surface area contributed by atoms with Gasteiger partial charge < -0.3 is 10.1 Å². The molecule has 140 valence electrons. The van der Waals surface area contributed by atoms with Gasteiger partial charge in [0.25, 0.3) is 5.91 Å². The fourth-order valence-electron chi connectivity index (χ4n) is 2.91. The minimum absolute atomic E-state index is 0.0172. The Balaban J connectivity index is 1.65. The first kappa shape index (κ1) is 18.9. The fourth-order valence-corrected chi connectivity index (χ4v) is 3.62. The highest BCUT2D eigenvalue weighted by molar-refractivity contribution is 7.07. The molecule has 0 saturated carbocycles. The lowest BCUT2D eigenvalue weighted by Gasteiger charge is -2.34. The van der Waals surface area contributed by atoms with E-state index in [0.29, 0.717) is 19.8 Å². The lowest BCUT2D eigenvalue weighted by atomic mass is 10.1. The van der Waals surface area contributed by atoms with Gasteiger partial charge in [0.15, 0.2) is 0 Å². The van der Waals surface area contributed by atoms with Gasteiger partial charge in [-0.2, -0.15) is 24.5 Å². The Morgan fingerprint density at radius 3 is 2.46 bits per heavy atom. The average molecular weight is 384 g/mol. The van der Waals surface area contributed by atoms with E-state index in [4.69, 9.17) is 4.74 Å². The first-order valence-electron chi connectivity index (χ1n) is 8.24. The molecule has 0 bridgehead atoms. The molecule has 2 aromatic rings. The number of amides is 1. The first-order chi connectivity index (χ1) is 12.4. The average Bonchev–Trinajstić information content (AvgIpc) is 3.16. The molecule has 1 aliphatic heterocycles. The van der Waals surface area contributed by atoms with E-state index in [0.717, 1.165) is 30.8 Å². The molecule has 1 aliphatic rings. The van der Waals surface area contributed by atoms with Crippen LogP contribution >= 0.6 is 11.3 Å². The summed E-state index contributed by atoms with van der Waals surface area (Å²) in [6.45, 7) is 3.23. The zero-order valence-electron chi connectivity index (χ0n) is 14.0. The predicted octanol–water partition coefficient (Wildman–Crippen LogP) is 3.57. The molecule has 1 atom stereocenters. The van der Waals surface area contributed by atoms with Crippen LogP contribution in [0.4, 0.5) is 13.2 Å². The van der Waals surface area contributed by atoms with Gasteiger partial charge in [-0.1, -0.05) is 0 Å². The molecule has 1 aromatic heterocycles. The van der Waals surface area contributed by atoms with Gasteiger partial charge in [-0.3, -0.25) is 9.69 Å². The van der Waals surface area contributed by atoms with Crippen LogP contribution in [0.5, 0.6) is 0 Å². The summed E-state index contributed by atoms with van der Waals surface area (Å²) in [6, 6.07) is 6.29. The summed E-state index contributed by atoms with van der Waals surface area (Å²) in [5.74, 6) is -0.382. The second kappa shape index (κ2) is 8.20. The van der Waals surface area contributed by atoms with Crippen molar-refractivity contribution in [3.63, 3.8) is 0 Å². The number of carbonyl (C=O) groups excluding carboxylic acids is 1. The maximum atomic E-state index is 12.6. The highest BCUT2D eigenvalue weighted by Crippen LogP contribution is 2.29. The van der Waals surface area contributed by atoms with Gasteiger partial charge in [0.1, 0.15) is 0 Å². The number of benzene rings is 1. The topological polar surface area (TPSA) is 41.6 Å². The largest absolute Gasteiger partial charge is 0.416 e. The highest BCUT2D eigenvalue weighted by atomic mass is 32.1. The van der Waals surface area contributed by atoms with E-state index in [9.17, 15) is 18.0 Å². The van der Waals surface area contributed by atoms with E-state index in [-0.39, 0.29) is 17.5 Å². The molecule has 4 nitrogen and oxygen atoms in total. The number of nitrogens with one attached hydrogen (secondary N) is 1. The molecule has 1 N–H and O–H groups in total. The van der Waals surface area contributed by atoms with Crippen molar-refractivity contribution in [1.82, 2.24) is 10.2 Å². The van der Waals surface area contributed by atoms with Crippen molar-refractivity contribution < 1.29 is 22.7 Å². The van der Waals surface area contributed by atoms with E-state index < -0.39 is 11.7 Å². The summed E-state index contributed by atoms with van der Waals surface area (Å²) in [5.41, 5.74) is 0.562. The standard InChI is InChI=1S/C18H19F3N2O2S/c19-18(20,21)15-3-1-13(2-4-15)17(24)22-11-16(14-5-10-26-12-14)23-6-8-25-9-7-23/h1-5,10,12,16H,6-9,11H2,(H,22,24). The van der Waals surface area contributed by atoms with Crippen LogP contribution in [-0.2, 0) is 10.9 Å². The maximum absolute atomic E-state index is 12.6. The maximum Gasteiger partial charge on any atom is 0.416 e. The third-order valence-corrected chi connectivity index (χ3v) is 5.05. The molecule has 26 heavy (non-hydrogen) atoms. The molecular formula is C18H19F3N2O2S. The van der Waals surface area contributed by atoms with Gasteiger partial charge in [-0.05, 0) is 46.7 Å². The monoisotopic (exact) mass is 384 g/mol. The summed E-state index contributed by atoms with van der Waals surface area (Å²) in [5, 5.41) is 6.88. The van der Waals surface area contributed by atoms with Crippen LogP contribution in [0.1, 0.15) is 27.5 Å². The molecule has 1 saturated heterocycles. The Kier molecular flexibility index (Phi) is 5.95. The van der Waals surface area contributed by atoms with Gasteiger partial charge in [0, 0.05) is 25.2 Å². The highest BCUT2D eigenvalue weighted by Gasteiger charge is 2.30. The van der Waals surface area contributed by atoms with Crippen molar-refractivity contribution in [1.29, 1.82) is 0 Å². The minimum atomic E-state index is -4.41. The van der Waals surface area contributed by atoms with Crippen molar-refractivity contribution in [2.24, 2.45) is 0 Å². The molecule has 2 heterocycles. The lowest BCUT2D eigenvalue weighted by molar-refractivity contribution is -0.137. The quantitative estimate of drug-likeness (QED) is 0.857. The first-order valence-corrected chi connectivity index (χ1v) is 9.19. The summed E-state index contributed by atoms with van der Waals surface area (Å²) in [7, 11) is 0. The number of morpholine rings is 1. The molecule has 0 aliphatic carbocycles. The van der Waals surface area contributed by atoms with Crippen LogP contribution < -0.4 is 5.32 Å². The Morgan fingerprint density at radius 1 is 1.19 bits per heavy atom. The Morgan fingerprint density at radius 2 is 1.88 bits per heavy atom. The summed E-state index contributed by atoms with van der Waals surface area (Å²) in [6.07, 6.45) is -4.41. The van der Waals surface area contributed by atoms with Crippen molar-refractivity contribution in [3.8, 4) is 0 Å². The number of halogens is 3. The van der Waals surface area contributed by atoms with Gasteiger partial charge in [0.2, 0.25) is 0 Å². The molecule has 3 rings (SSSR count). The zero-order chi connectivity index (χ0) is 18.6. The second-order valence-corrected chi connectivity index (χ2v) is 6.79. The molecule has 0 radical (unpaired) electrons. The molecule has 1 unspecified atom stereocenters. The summed E-state index contributed by atoms with van der Waals surface area (Å²) < 4.78 is 43.2. The predicted molar refractivity (Wildman–Crippen MR) is 93.2 cm³/mol. The fraction of sp³-hybridized carbons (Fsp3) is 0.389. The molecular weight excluding hydrogens is 365 g/mol. The van der Waals surface area contributed by atoms with Crippen LogP contribution in [0.3, 0.4) is 0 Å². The van der Waals surface area contributed by atoms with Gasteiger partial charge in [-0.15, -0.1) is 0 Å². The van der Waals surface area contributed by atoms with E-state index in [2.05, 4.69) is 10.2 Å². The number of carbonyl (C=O) groups is 1. The number of thiophene rings is 1. The minimum Gasteiger partial charge on any atom is -0.379 e. The van der Waals surface area contributed by atoms with Gasteiger partial charge in [-0.25, -0.2) is 0 Å². The number of nitrogens with zero attached hydrogens (tertiary/aromatic N) is 1. The van der Waals surface area contributed by atoms with E-state index in [1.54, 1.807) is 11.3 Å². The van der Waals surface area contributed by atoms with Crippen molar-refractivity contribution >= 4 is 17.2 Å². The molecule has 8 heteroatoms. The number of hydrogen-bond acceptors (Lipinski definition) is 4. The molecule has 0 spiro atoms. The van der Waals surface area contributed by atoms with Gasteiger partial charge >= 0.3 is 6.18 Å². The molecule has 1 aromatic carbocycles.